The number of rotatable bonds is 8. The molecule has 5 aliphatic rings. The Morgan fingerprint density at radius 2 is 1.22 bits per heavy atom. The van der Waals surface area contributed by atoms with Crippen molar-refractivity contribution in [2.45, 2.75) is 148 Å². The zero-order valence-electron chi connectivity index (χ0n) is 27.6. The van der Waals surface area contributed by atoms with Gasteiger partial charge in [0, 0.05) is 52.0 Å². The third kappa shape index (κ3) is 11.1. The number of benzene rings is 1. The van der Waals surface area contributed by atoms with Crippen molar-refractivity contribution in [3.8, 4) is 0 Å². The average molecular weight is 767 g/mol. The number of carbonyl (C=O) groups is 3. The van der Waals surface area contributed by atoms with Gasteiger partial charge in [-0.3, -0.25) is 19.3 Å². The maximum atomic E-state index is 13.2. The molecule has 0 bridgehead atoms. The number of ketones is 1. The summed E-state index contributed by atoms with van der Waals surface area (Å²) in [5, 5.41) is 19.5. The van der Waals surface area contributed by atoms with Gasteiger partial charge in [-0.1, -0.05) is 110 Å². The number of nitrogens with zero attached hydrogens (tertiary/aromatic N) is 3. The van der Waals surface area contributed by atoms with E-state index < -0.39 is 0 Å². The Morgan fingerprint density at radius 3 is 1.67 bits per heavy atom. The zero-order chi connectivity index (χ0) is 30.6. The van der Waals surface area contributed by atoms with Crippen molar-refractivity contribution in [2.24, 2.45) is 22.1 Å². The molecule has 261 valence electrons. The van der Waals surface area contributed by atoms with Crippen LogP contribution in [0.1, 0.15) is 163 Å². The maximum absolute atomic E-state index is 13.2. The monoisotopic (exact) mass is 766 g/mol. The van der Waals surface area contributed by atoms with Gasteiger partial charge >= 0.3 is 17.1 Å². The normalized spacial score (nSPS) is 19.8. The Balaban J connectivity index is 0.000000693. The number of amides is 2. The van der Waals surface area contributed by atoms with Gasteiger partial charge < -0.3 is 5.11 Å². The van der Waals surface area contributed by atoms with Crippen molar-refractivity contribution in [3.63, 3.8) is 0 Å². The molecule has 0 unspecified atom stereocenters. The first-order chi connectivity index (χ1) is 21.0. The second-order valence-electron chi connectivity index (χ2n) is 12.9. The fraction of sp³-hybridized carbons (Fsp3) is 0.694. The molecule has 0 spiro atoms. The molecule has 6 rings (SSSR count). The van der Waals surface area contributed by atoms with Gasteiger partial charge in [0.2, 0.25) is 0 Å². The summed E-state index contributed by atoms with van der Waals surface area (Å²) in [4.78, 5) is 40.7. The molecule has 2 amide bonds. The van der Waals surface area contributed by atoms with E-state index in [1.165, 1.54) is 69.1 Å². The second kappa shape index (κ2) is 22.4. The Hall–Kier alpha value is -1.27. The van der Waals surface area contributed by atoms with Crippen LogP contribution in [-0.4, -0.2) is 33.6 Å². The molecule has 1 aromatic carbocycles. The first kappa shape index (κ1) is 42.8. The average Bonchev–Trinajstić information content (AvgIpc) is 3.88. The predicted octanol–water partition coefficient (Wildman–Crippen LogP) is 10.2. The van der Waals surface area contributed by atoms with Crippen LogP contribution < -0.4 is 0 Å². The van der Waals surface area contributed by atoms with E-state index in [0.717, 1.165) is 51.4 Å². The van der Waals surface area contributed by atoms with Crippen molar-refractivity contribution in [3.05, 3.63) is 40.8 Å². The van der Waals surface area contributed by atoms with E-state index in [0.29, 0.717) is 18.4 Å². The smallest absolute Gasteiger partial charge is 0.510 e. The fourth-order valence-electron chi connectivity index (χ4n) is 7.23. The number of aliphatic hydroxyl groups excluding tert-OH is 1. The third-order valence-electron chi connectivity index (χ3n) is 9.93. The molecule has 4 saturated carbocycles. The SMILES string of the molecule is C1CCCC1.C1CCCC1.CCC(CC)N1C(=O)c2cccc(N=N/C(C(=O)C3CCCC3)=C(\O)C3CCCC3)c2C1=O.[Cu+2].[Fe].[Fe]. The van der Waals surface area contributed by atoms with Crippen molar-refractivity contribution in [1.29, 1.82) is 0 Å². The molecule has 1 radical (unpaired) electrons. The Labute approximate surface area is 308 Å². The molecule has 1 aliphatic heterocycles. The summed E-state index contributed by atoms with van der Waals surface area (Å²) in [6.45, 7) is 3.91. The van der Waals surface area contributed by atoms with E-state index in [4.69, 9.17) is 0 Å². The number of aliphatic hydroxyl groups is 1. The predicted molar refractivity (Wildman–Crippen MR) is 171 cm³/mol. The van der Waals surface area contributed by atoms with Crippen LogP contribution in [0.15, 0.2) is 39.9 Å². The van der Waals surface area contributed by atoms with Crippen LogP contribution in [0.4, 0.5) is 5.69 Å². The minimum Gasteiger partial charge on any atom is -0.510 e. The largest absolute Gasteiger partial charge is 2.00 e. The third-order valence-corrected chi connectivity index (χ3v) is 9.93. The van der Waals surface area contributed by atoms with Crippen LogP contribution in [0.3, 0.4) is 0 Å². The van der Waals surface area contributed by atoms with Gasteiger partial charge in [-0.15, -0.1) is 10.2 Å². The van der Waals surface area contributed by atoms with Gasteiger partial charge in [0.1, 0.15) is 5.76 Å². The summed E-state index contributed by atoms with van der Waals surface area (Å²) in [5.41, 5.74) is 0.831. The molecule has 0 saturated heterocycles. The van der Waals surface area contributed by atoms with Gasteiger partial charge in [0.05, 0.1) is 16.8 Å². The van der Waals surface area contributed by atoms with Gasteiger partial charge in [-0.05, 0) is 50.7 Å². The van der Waals surface area contributed by atoms with Crippen molar-refractivity contribution >= 4 is 23.3 Å². The van der Waals surface area contributed by atoms with E-state index in [2.05, 4.69) is 10.2 Å². The molecular weight excluding hydrogens is 714 g/mol. The van der Waals surface area contributed by atoms with Crippen LogP contribution in [0.5, 0.6) is 0 Å². The van der Waals surface area contributed by atoms with E-state index >= 15 is 0 Å². The standard InChI is InChI=1S/C26H33N3O4.2C5H10.Cu.2Fe/c1-3-18(4-2)29-25(32)19-14-9-15-20(21(19)26(29)33)27-28-22(23(30)16-10-5-6-11-16)24(31)17-12-7-8-13-17;2*1-2-4-5-3-1;;;/h9,14-18,30H,3-8,10-13H2,1-2H3;2*1-5H2;;;/q;;;+2;;/b23-22-,28-27?;;;;;. The molecule has 0 aromatic heterocycles. The fourth-order valence-corrected chi connectivity index (χ4v) is 7.23. The quantitative estimate of drug-likeness (QED) is 0.0936. The summed E-state index contributed by atoms with van der Waals surface area (Å²) in [5.74, 6) is -1.02. The zero-order valence-corrected chi connectivity index (χ0v) is 30.8. The molecule has 1 heterocycles. The van der Waals surface area contributed by atoms with Crippen molar-refractivity contribution in [1.82, 2.24) is 4.90 Å². The first-order valence-electron chi connectivity index (χ1n) is 17.4. The van der Waals surface area contributed by atoms with Gasteiger partial charge in [-0.2, -0.15) is 0 Å². The summed E-state index contributed by atoms with van der Waals surface area (Å²) in [6, 6.07) is 4.77. The topological polar surface area (TPSA) is 99.4 Å². The molecular formula is C36H53CuFe2N3O4+2. The van der Waals surface area contributed by atoms with Crippen LogP contribution >= 0.6 is 0 Å². The summed E-state index contributed by atoms with van der Waals surface area (Å²) in [7, 11) is 0. The number of hydrogen-bond donors (Lipinski definition) is 1. The van der Waals surface area contributed by atoms with Crippen LogP contribution in [-0.2, 0) is 56.0 Å². The minimum absolute atomic E-state index is 0. The number of imide groups is 1. The summed E-state index contributed by atoms with van der Waals surface area (Å²) >= 11 is 0. The van der Waals surface area contributed by atoms with Gasteiger partial charge in [0.25, 0.3) is 11.8 Å². The molecule has 1 aromatic rings. The first-order valence-corrected chi connectivity index (χ1v) is 17.4. The maximum Gasteiger partial charge on any atom is 2.00 e. The van der Waals surface area contributed by atoms with E-state index in [-0.39, 0.29) is 109 Å². The number of hydrogen-bond acceptors (Lipinski definition) is 6. The van der Waals surface area contributed by atoms with Crippen molar-refractivity contribution < 1.29 is 70.7 Å². The minimum atomic E-state index is -0.370. The van der Waals surface area contributed by atoms with Gasteiger partial charge in [-0.25, -0.2) is 0 Å². The molecule has 7 nitrogen and oxygen atoms in total. The summed E-state index contributed by atoms with van der Waals surface area (Å²) in [6.07, 6.45) is 23.7. The van der Waals surface area contributed by atoms with Crippen molar-refractivity contribution in [2.75, 3.05) is 0 Å². The van der Waals surface area contributed by atoms with E-state index in [1.807, 2.05) is 13.8 Å². The van der Waals surface area contributed by atoms with Crippen LogP contribution in [0, 0.1) is 11.8 Å². The number of allylic oxidation sites excluding steroid dienone is 2. The van der Waals surface area contributed by atoms with Gasteiger partial charge in [0.15, 0.2) is 11.5 Å². The Morgan fingerprint density at radius 1 is 0.761 bits per heavy atom. The summed E-state index contributed by atoms with van der Waals surface area (Å²) < 4.78 is 0. The van der Waals surface area contributed by atoms with Crippen LogP contribution in [0.25, 0.3) is 0 Å². The molecule has 0 atom stereocenters. The van der Waals surface area contributed by atoms with Crippen LogP contribution in [0.2, 0.25) is 0 Å². The number of carbonyl (C=O) groups excluding carboxylic acids is 3. The number of azo groups is 1. The Bertz CT molecular complexity index is 1140. The molecule has 4 fully saturated rings. The molecule has 10 heteroatoms. The number of fused-ring (bicyclic) bond motifs is 1. The molecule has 1 N–H and O–H groups in total. The second-order valence-corrected chi connectivity index (χ2v) is 12.9. The Kier molecular flexibility index (Phi) is 20.8. The molecule has 46 heavy (non-hydrogen) atoms. The van der Waals surface area contributed by atoms with E-state index in [1.54, 1.807) is 18.2 Å². The molecule has 4 aliphatic carbocycles. The number of Topliss-reactive ketones (excluding diaryl/α,β-unsaturated/α-hetero) is 1. The van der Waals surface area contributed by atoms with E-state index in [9.17, 15) is 19.5 Å².